The Hall–Kier alpha value is -3.02. The number of anilines is 1. The SMILES string of the molecule is CCCN(CCC)c1ccc2cc(/C=C(\C#N)SNC(C)(C)CCOC(C)(CC)Cc3cn(C[C@H]4O[C@H](OC)C[C@@H](O)[C@@H]4O)nn3)ccc2c1. The van der Waals surface area contributed by atoms with Gasteiger partial charge in [0, 0.05) is 57.1 Å². The average molecular weight is 709 g/mol. The van der Waals surface area contributed by atoms with Crippen molar-refractivity contribution in [1.29, 1.82) is 5.26 Å². The molecule has 0 aliphatic carbocycles. The molecule has 274 valence electrons. The number of fused-ring (bicyclic) bond motifs is 1. The highest BCUT2D eigenvalue weighted by molar-refractivity contribution is 8.01. The first-order valence-corrected chi connectivity index (χ1v) is 18.6. The van der Waals surface area contributed by atoms with E-state index >= 15 is 0 Å². The van der Waals surface area contributed by atoms with Gasteiger partial charge >= 0.3 is 0 Å². The molecule has 12 heteroatoms. The monoisotopic (exact) mass is 708 g/mol. The predicted octanol–water partition coefficient (Wildman–Crippen LogP) is 6.24. The lowest BCUT2D eigenvalue weighted by Crippen LogP contribution is -2.50. The molecule has 0 radical (unpaired) electrons. The quantitative estimate of drug-likeness (QED) is 0.0964. The molecule has 0 spiro atoms. The summed E-state index contributed by atoms with van der Waals surface area (Å²) in [6.45, 7) is 15.7. The van der Waals surface area contributed by atoms with Gasteiger partial charge in [-0.15, -0.1) is 5.10 Å². The van der Waals surface area contributed by atoms with Gasteiger partial charge in [0.2, 0.25) is 0 Å². The molecule has 50 heavy (non-hydrogen) atoms. The number of aliphatic hydroxyl groups is 2. The van der Waals surface area contributed by atoms with Crippen LogP contribution in [0.1, 0.15) is 84.9 Å². The minimum Gasteiger partial charge on any atom is -0.390 e. The van der Waals surface area contributed by atoms with E-state index < -0.39 is 30.2 Å². The molecule has 1 saturated heterocycles. The molecule has 1 aromatic heterocycles. The van der Waals surface area contributed by atoms with Crippen molar-refractivity contribution in [2.24, 2.45) is 0 Å². The molecule has 3 N–H and O–H groups in total. The number of benzene rings is 2. The largest absolute Gasteiger partial charge is 0.390 e. The molecule has 2 heterocycles. The number of nitriles is 1. The second-order valence-electron chi connectivity index (χ2n) is 14.1. The first-order valence-electron chi connectivity index (χ1n) is 17.8. The highest BCUT2D eigenvalue weighted by Crippen LogP contribution is 2.28. The Kier molecular flexibility index (Phi) is 14.7. The van der Waals surface area contributed by atoms with Crippen LogP contribution in [-0.2, 0) is 27.2 Å². The van der Waals surface area contributed by atoms with Crippen LogP contribution in [0, 0.1) is 11.3 Å². The van der Waals surface area contributed by atoms with Gasteiger partial charge in [-0.05, 0) is 99.0 Å². The van der Waals surface area contributed by atoms with Crippen LogP contribution < -0.4 is 9.62 Å². The highest BCUT2D eigenvalue weighted by Gasteiger charge is 2.37. The Labute approximate surface area is 302 Å². The Morgan fingerprint density at radius 3 is 2.54 bits per heavy atom. The summed E-state index contributed by atoms with van der Waals surface area (Å²) in [5.41, 5.74) is 2.26. The Morgan fingerprint density at radius 2 is 1.86 bits per heavy atom. The van der Waals surface area contributed by atoms with E-state index in [1.165, 1.54) is 30.1 Å². The lowest BCUT2D eigenvalue weighted by atomic mass is 9.96. The van der Waals surface area contributed by atoms with Crippen molar-refractivity contribution >= 4 is 34.5 Å². The van der Waals surface area contributed by atoms with E-state index in [0.717, 1.165) is 55.4 Å². The van der Waals surface area contributed by atoms with E-state index in [2.05, 4.69) is 104 Å². The number of aromatic nitrogens is 3. The van der Waals surface area contributed by atoms with Gasteiger partial charge in [-0.1, -0.05) is 44.2 Å². The fourth-order valence-corrected chi connectivity index (χ4v) is 6.78. The summed E-state index contributed by atoms with van der Waals surface area (Å²) in [5, 5.41) is 41.4. The van der Waals surface area contributed by atoms with Crippen molar-refractivity contribution in [3.8, 4) is 6.07 Å². The Balaban J connectivity index is 1.29. The van der Waals surface area contributed by atoms with Crippen molar-refractivity contribution < 1.29 is 24.4 Å². The summed E-state index contributed by atoms with van der Waals surface area (Å²) < 4.78 is 22.5. The maximum Gasteiger partial charge on any atom is 0.160 e. The van der Waals surface area contributed by atoms with Crippen LogP contribution in [0.2, 0.25) is 0 Å². The van der Waals surface area contributed by atoms with Gasteiger partial charge in [0.05, 0.1) is 23.9 Å². The standard InChI is InChI=1S/C38H56N6O5S/c1-8-16-43(17-9-2)31-14-13-28-19-27(11-12-29(28)21-31)20-32(24-39)50-41-37(4,5)15-18-48-38(6,10-3)23-30-25-44(42-40-30)26-34-36(46)33(45)22-35(47-7)49-34/h11-14,19-21,25,33-36,41,45-46H,8-10,15-18,22-23,26H2,1-7H3/b32-20+/t33-,34-,35+,36+,38?/m1/s1. The summed E-state index contributed by atoms with van der Waals surface area (Å²) in [7, 11) is 1.51. The summed E-state index contributed by atoms with van der Waals surface area (Å²) in [4.78, 5) is 3.03. The molecular weight excluding hydrogens is 653 g/mol. The second-order valence-corrected chi connectivity index (χ2v) is 15.0. The Morgan fingerprint density at radius 1 is 1.14 bits per heavy atom. The van der Waals surface area contributed by atoms with Gasteiger partial charge in [0.15, 0.2) is 6.29 Å². The van der Waals surface area contributed by atoms with E-state index in [1.54, 1.807) is 4.68 Å². The number of ether oxygens (including phenoxy) is 3. The molecule has 1 unspecified atom stereocenters. The molecule has 5 atom stereocenters. The van der Waals surface area contributed by atoms with Crippen molar-refractivity contribution in [2.75, 3.05) is 31.7 Å². The molecule has 0 amide bonds. The van der Waals surface area contributed by atoms with E-state index in [9.17, 15) is 15.5 Å². The van der Waals surface area contributed by atoms with Crippen LogP contribution in [0.3, 0.4) is 0 Å². The topological polar surface area (TPSA) is 138 Å². The van der Waals surface area contributed by atoms with E-state index in [1.807, 2.05) is 12.3 Å². The van der Waals surface area contributed by atoms with Crippen molar-refractivity contribution in [2.45, 2.75) is 122 Å². The minimum absolute atomic E-state index is 0.216. The van der Waals surface area contributed by atoms with Gasteiger partial charge < -0.3 is 29.3 Å². The zero-order valence-electron chi connectivity index (χ0n) is 30.8. The van der Waals surface area contributed by atoms with Crippen LogP contribution in [0.25, 0.3) is 16.8 Å². The number of nitrogens with one attached hydrogen (secondary N) is 1. The van der Waals surface area contributed by atoms with Gasteiger partial charge in [-0.3, -0.25) is 4.72 Å². The third kappa shape index (κ3) is 11.2. The Bertz CT molecular complexity index is 1590. The lowest BCUT2D eigenvalue weighted by molar-refractivity contribution is -0.245. The molecule has 2 aromatic carbocycles. The number of hydrogen-bond donors (Lipinski definition) is 3. The fourth-order valence-electron chi connectivity index (χ4n) is 6.05. The van der Waals surface area contributed by atoms with E-state index in [0.29, 0.717) is 17.9 Å². The number of hydrogen-bond acceptors (Lipinski definition) is 11. The van der Waals surface area contributed by atoms with Crippen LogP contribution in [0.4, 0.5) is 5.69 Å². The third-order valence-corrected chi connectivity index (χ3v) is 10.4. The number of allylic oxidation sites excluding steroid dienone is 1. The average Bonchev–Trinajstić information content (AvgIpc) is 3.53. The molecular formula is C38H56N6O5S. The highest BCUT2D eigenvalue weighted by atomic mass is 32.2. The zero-order chi connectivity index (χ0) is 36.3. The first-order chi connectivity index (χ1) is 23.9. The zero-order valence-corrected chi connectivity index (χ0v) is 31.6. The van der Waals surface area contributed by atoms with Gasteiger partial charge in [0.1, 0.15) is 23.2 Å². The van der Waals surface area contributed by atoms with Gasteiger partial charge in [-0.2, -0.15) is 5.26 Å². The van der Waals surface area contributed by atoms with E-state index in [-0.39, 0.29) is 18.5 Å². The fraction of sp³-hybridized carbons (Fsp3) is 0.605. The third-order valence-electron chi connectivity index (χ3n) is 9.28. The smallest absolute Gasteiger partial charge is 0.160 e. The van der Waals surface area contributed by atoms with E-state index in [4.69, 9.17) is 14.2 Å². The molecule has 0 bridgehead atoms. The predicted molar refractivity (Wildman–Crippen MR) is 200 cm³/mol. The number of rotatable bonds is 19. The number of aliphatic hydroxyl groups excluding tert-OH is 2. The number of nitrogens with zero attached hydrogens (tertiary/aromatic N) is 5. The molecule has 1 aliphatic rings. The summed E-state index contributed by atoms with van der Waals surface area (Å²) >= 11 is 1.35. The van der Waals surface area contributed by atoms with Gasteiger partial charge in [0.25, 0.3) is 0 Å². The van der Waals surface area contributed by atoms with Crippen LogP contribution >= 0.6 is 11.9 Å². The van der Waals surface area contributed by atoms with Crippen molar-refractivity contribution in [3.05, 3.63) is 58.8 Å². The van der Waals surface area contributed by atoms with Crippen LogP contribution in [0.5, 0.6) is 0 Å². The second kappa shape index (κ2) is 18.5. The maximum absolute atomic E-state index is 10.4. The molecule has 0 saturated carbocycles. The van der Waals surface area contributed by atoms with Crippen LogP contribution in [0.15, 0.2) is 47.5 Å². The molecule has 4 rings (SSSR count). The maximum atomic E-state index is 10.4. The normalized spacial score (nSPS) is 21.2. The number of methoxy groups -OCH3 is 1. The van der Waals surface area contributed by atoms with Crippen molar-refractivity contribution in [1.82, 2.24) is 19.7 Å². The first kappa shape index (κ1) is 39.8. The molecule has 11 nitrogen and oxygen atoms in total. The summed E-state index contributed by atoms with van der Waals surface area (Å²) in [6, 6.07) is 15.3. The van der Waals surface area contributed by atoms with Crippen molar-refractivity contribution in [3.63, 3.8) is 0 Å². The summed E-state index contributed by atoms with van der Waals surface area (Å²) in [6.07, 6.45) is 5.07. The molecule has 1 aliphatic heterocycles. The molecule has 3 aromatic rings. The molecule has 1 fully saturated rings. The van der Waals surface area contributed by atoms with Gasteiger partial charge in [-0.25, -0.2) is 4.68 Å². The minimum atomic E-state index is -1.03. The summed E-state index contributed by atoms with van der Waals surface area (Å²) in [5.74, 6) is 0. The van der Waals surface area contributed by atoms with Crippen LogP contribution in [-0.4, -0.2) is 87.8 Å². The lowest BCUT2D eigenvalue weighted by Gasteiger charge is -2.36.